The van der Waals surface area contributed by atoms with E-state index in [-0.39, 0.29) is 48.7 Å². The van der Waals surface area contributed by atoms with E-state index in [1.54, 1.807) is 6.20 Å². The Bertz CT molecular complexity index is 2280. The van der Waals surface area contributed by atoms with Gasteiger partial charge in [-0.15, -0.1) is 0 Å². The first-order chi connectivity index (χ1) is 32.2. The van der Waals surface area contributed by atoms with Crippen LogP contribution in [0.25, 0.3) is 5.57 Å². The van der Waals surface area contributed by atoms with Crippen molar-refractivity contribution in [3.63, 3.8) is 0 Å². The lowest BCUT2D eigenvalue weighted by molar-refractivity contribution is -0.124. The van der Waals surface area contributed by atoms with Crippen LogP contribution in [0.5, 0.6) is 11.5 Å². The standard InChI is InChI=1S/C55H70N4O7/c56-54-30-41(19-18-40-11-4-10-39(24-40)17-16-37-8-2-1-3-9-37)44(34-59-54)27-43-29-52(65)53(66-36-62)32-50(43)46(35-61)28-48(64)31-47(63)15-5-12-38(13-7-23-60)25-51-49-20-22-57-33-45(49)26-42-14-6-21-58-55(42)51/h1-4,6,8-11,14,24,28-30,32,34,38,42,45,49,51,55,57-58,60-62,65H,5,7,12-13,15-23,25-27,31,33,35-36H2,(H2,56,59). The number of aromatic nitrogens is 1. The number of anilines is 1. The van der Waals surface area contributed by atoms with Crippen molar-refractivity contribution >= 4 is 23.0 Å². The Morgan fingerprint density at radius 2 is 1.67 bits per heavy atom. The van der Waals surface area contributed by atoms with Crippen LogP contribution in [0.3, 0.4) is 0 Å². The number of carbonyl (C=O) groups excluding carboxylic acids is 2. The highest BCUT2D eigenvalue weighted by molar-refractivity contribution is 6.07. The van der Waals surface area contributed by atoms with E-state index in [2.05, 4.69) is 76.3 Å². The molecule has 3 aromatic carbocycles. The van der Waals surface area contributed by atoms with E-state index in [4.69, 9.17) is 10.5 Å². The van der Waals surface area contributed by atoms with Crippen LogP contribution in [0.4, 0.5) is 5.82 Å². The second-order valence-electron chi connectivity index (χ2n) is 18.8. The van der Waals surface area contributed by atoms with Gasteiger partial charge in [-0.3, -0.25) is 9.59 Å². The van der Waals surface area contributed by atoms with E-state index in [1.165, 1.54) is 47.7 Å². The number of fused-ring (bicyclic) bond motifs is 2. The Labute approximate surface area is 390 Å². The molecule has 4 aromatic rings. The number of phenols is 1. The third-order valence-corrected chi connectivity index (χ3v) is 14.3. The van der Waals surface area contributed by atoms with Gasteiger partial charge in [0.1, 0.15) is 11.6 Å². The second-order valence-corrected chi connectivity index (χ2v) is 18.8. The van der Waals surface area contributed by atoms with Gasteiger partial charge in [0.15, 0.2) is 24.1 Å². The van der Waals surface area contributed by atoms with Crippen LogP contribution in [-0.4, -0.2) is 82.7 Å². The highest BCUT2D eigenvalue weighted by atomic mass is 16.6. The molecule has 3 heterocycles. The summed E-state index contributed by atoms with van der Waals surface area (Å²) in [6, 6.07) is 24.4. The van der Waals surface area contributed by atoms with Crippen molar-refractivity contribution in [2.24, 2.45) is 29.6 Å². The molecule has 6 atom stereocenters. The zero-order valence-corrected chi connectivity index (χ0v) is 38.4. The Morgan fingerprint density at radius 1 is 0.894 bits per heavy atom. The van der Waals surface area contributed by atoms with Crippen LogP contribution < -0.4 is 21.1 Å². The van der Waals surface area contributed by atoms with Crippen molar-refractivity contribution in [1.29, 1.82) is 0 Å². The molecule has 1 saturated carbocycles. The normalized spacial score (nSPS) is 20.9. The quantitative estimate of drug-likeness (QED) is 0.0165. The van der Waals surface area contributed by atoms with Gasteiger partial charge in [0, 0.05) is 31.8 Å². The predicted molar refractivity (Wildman–Crippen MR) is 260 cm³/mol. The number of hydrogen-bond acceptors (Lipinski definition) is 11. The van der Waals surface area contributed by atoms with Crippen molar-refractivity contribution in [2.45, 2.75) is 95.9 Å². The number of ether oxygens (including phenoxy) is 1. The number of allylic oxidation sites excluding steroid dienone is 1. The van der Waals surface area contributed by atoms with Crippen LogP contribution in [0.15, 0.2) is 97.2 Å². The highest BCUT2D eigenvalue weighted by Crippen LogP contribution is 2.46. The number of aliphatic hydroxyl groups excluding tert-OH is 3. The van der Waals surface area contributed by atoms with E-state index >= 15 is 0 Å². The number of nitrogens with two attached hydrogens (primary N) is 1. The maximum Gasteiger partial charge on any atom is 0.186 e. The molecule has 0 radical (unpaired) electrons. The first-order valence-corrected chi connectivity index (χ1v) is 24.2. The summed E-state index contributed by atoms with van der Waals surface area (Å²) in [5.74, 6) is 2.42. The van der Waals surface area contributed by atoms with Crippen LogP contribution in [-0.2, 0) is 41.7 Å². The van der Waals surface area contributed by atoms with Crippen molar-refractivity contribution in [2.75, 3.05) is 45.4 Å². The van der Waals surface area contributed by atoms with Crippen LogP contribution >= 0.6 is 0 Å². The smallest absolute Gasteiger partial charge is 0.186 e. The van der Waals surface area contributed by atoms with E-state index in [9.17, 15) is 30.0 Å². The molecular formula is C55H70N4O7. The van der Waals surface area contributed by atoms with Crippen LogP contribution in [0.1, 0.15) is 96.7 Å². The Balaban J connectivity index is 1.00. The lowest BCUT2D eigenvalue weighted by atomic mass is 9.60. The monoisotopic (exact) mass is 899 g/mol. The number of phenolic OH excluding ortho intramolecular Hbond substituents is 1. The number of ketones is 2. The van der Waals surface area contributed by atoms with E-state index in [1.807, 2.05) is 12.1 Å². The lowest BCUT2D eigenvalue weighted by Crippen LogP contribution is -2.56. The zero-order chi connectivity index (χ0) is 46.3. The fraction of sp³-hybridized carbons (Fsp3) is 0.473. The van der Waals surface area contributed by atoms with E-state index in [0.29, 0.717) is 65.4 Å². The number of nitrogens with zero attached hydrogens (tertiary/aromatic N) is 1. The minimum absolute atomic E-state index is 0.00664. The molecule has 1 aliphatic carbocycles. The fourth-order valence-electron chi connectivity index (χ4n) is 11.1. The molecule has 2 aliphatic heterocycles. The highest BCUT2D eigenvalue weighted by Gasteiger charge is 2.45. The molecule has 2 fully saturated rings. The molecule has 1 aromatic heterocycles. The summed E-state index contributed by atoms with van der Waals surface area (Å²) in [5.41, 5.74) is 13.1. The van der Waals surface area contributed by atoms with Gasteiger partial charge in [0.05, 0.1) is 13.0 Å². The molecule has 3 aliphatic rings. The molecule has 1 saturated heterocycles. The summed E-state index contributed by atoms with van der Waals surface area (Å²) in [6.45, 7) is 1.99. The third-order valence-electron chi connectivity index (χ3n) is 14.3. The first-order valence-electron chi connectivity index (χ1n) is 24.2. The van der Waals surface area contributed by atoms with E-state index in [0.717, 1.165) is 75.7 Å². The van der Waals surface area contributed by atoms with Gasteiger partial charge < -0.3 is 41.5 Å². The lowest BCUT2D eigenvalue weighted by Gasteiger charge is -2.51. The van der Waals surface area contributed by atoms with Crippen molar-refractivity contribution in [3.8, 4) is 11.5 Å². The number of aromatic hydroxyl groups is 1. The number of benzene rings is 3. The average Bonchev–Trinajstić information content (AvgIpc) is 3.33. The Morgan fingerprint density at radius 3 is 2.45 bits per heavy atom. The molecule has 7 rings (SSSR count). The summed E-state index contributed by atoms with van der Waals surface area (Å²) in [5, 5.41) is 48.5. The maximum absolute atomic E-state index is 13.6. The van der Waals surface area contributed by atoms with Gasteiger partial charge in [0.25, 0.3) is 0 Å². The maximum atomic E-state index is 13.6. The largest absolute Gasteiger partial charge is 0.504 e. The summed E-state index contributed by atoms with van der Waals surface area (Å²) in [6.07, 6.45) is 18.0. The average molecular weight is 899 g/mol. The SMILES string of the molecule is Nc1cc(CCc2cccc(CCc3ccccc3)c2)c(Cc2cc(O)c(OCO)cc2C(=CC(=O)CC(=O)CCCC(CCCO)CC2C3CCNCC3CC3C=CCNC32)CO)cn1. The van der Waals surface area contributed by atoms with Crippen molar-refractivity contribution in [3.05, 3.63) is 136 Å². The molecule has 8 N–H and O–H groups in total. The molecule has 0 amide bonds. The number of piperidine rings is 1. The fourth-order valence-corrected chi connectivity index (χ4v) is 11.1. The predicted octanol–water partition coefficient (Wildman–Crippen LogP) is 7.10. The topological polar surface area (TPSA) is 187 Å². The minimum atomic E-state index is -0.688. The summed E-state index contributed by atoms with van der Waals surface area (Å²) in [4.78, 5) is 31.3. The Kier molecular flexibility index (Phi) is 18.1. The number of nitrogens with one attached hydrogen (secondary N) is 2. The number of carbonyl (C=O) groups is 2. The van der Waals surface area contributed by atoms with E-state index < -0.39 is 19.2 Å². The first kappa shape index (κ1) is 48.8. The van der Waals surface area contributed by atoms with Gasteiger partial charge in [-0.1, -0.05) is 73.2 Å². The molecular weight excluding hydrogens is 829 g/mol. The number of hydrogen-bond donors (Lipinski definition) is 7. The number of aliphatic hydroxyl groups is 3. The molecule has 352 valence electrons. The van der Waals surface area contributed by atoms with Gasteiger partial charge in [-0.05, 0) is 182 Å². The number of Topliss-reactive ketones (excluding diaryl/α,β-unsaturated/α-hetero) is 1. The Hall–Kier alpha value is -5.17. The van der Waals surface area contributed by atoms with Gasteiger partial charge in [-0.25, -0.2) is 4.98 Å². The van der Waals surface area contributed by atoms with Gasteiger partial charge in [-0.2, -0.15) is 0 Å². The molecule has 0 spiro atoms. The van der Waals surface area contributed by atoms with Gasteiger partial charge in [0.2, 0.25) is 0 Å². The third kappa shape index (κ3) is 13.5. The second kappa shape index (κ2) is 24.6. The molecule has 11 nitrogen and oxygen atoms in total. The number of rotatable bonds is 24. The number of nitrogen functional groups attached to an aromatic ring is 1. The molecule has 6 unspecified atom stereocenters. The minimum Gasteiger partial charge on any atom is -0.504 e. The molecule has 66 heavy (non-hydrogen) atoms. The molecule has 0 bridgehead atoms. The van der Waals surface area contributed by atoms with Crippen molar-refractivity contribution < 1.29 is 34.8 Å². The van der Waals surface area contributed by atoms with Crippen LogP contribution in [0.2, 0.25) is 0 Å². The number of pyridine rings is 1. The van der Waals surface area contributed by atoms with Crippen LogP contribution in [0, 0.1) is 29.6 Å². The number of aryl methyl sites for hydroxylation is 4. The summed E-state index contributed by atoms with van der Waals surface area (Å²) >= 11 is 0. The summed E-state index contributed by atoms with van der Waals surface area (Å²) < 4.78 is 5.32. The summed E-state index contributed by atoms with van der Waals surface area (Å²) in [7, 11) is 0. The molecule has 11 heteroatoms. The van der Waals surface area contributed by atoms with Crippen molar-refractivity contribution in [1.82, 2.24) is 15.6 Å². The zero-order valence-electron chi connectivity index (χ0n) is 38.4. The van der Waals surface area contributed by atoms with Gasteiger partial charge >= 0.3 is 0 Å².